The van der Waals surface area contributed by atoms with Crippen LogP contribution >= 0.6 is 0 Å². The summed E-state index contributed by atoms with van der Waals surface area (Å²) in [4.78, 5) is 30.8. The van der Waals surface area contributed by atoms with Gasteiger partial charge < -0.3 is 23.7 Å². The average Bonchev–Trinajstić information content (AvgIpc) is 2.33. The first-order chi connectivity index (χ1) is 8.15. The fraction of sp³-hybridized carbons (Fsp3) is 0.667. The summed E-state index contributed by atoms with van der Waals surface area (Å²) in [7, 11) is 1.42. The van der Waals surface area contributed by atoms with Crippen molar-refractivity contribution in [2.24, 2.45) is 0 Å². The van der Waals surface area contributed by atoms with Crippen LogP contribution in [0.25, 0.3) is 0 Å². The van der Waals surface area contributed by atoms with Gasteiger partial charge in [0.25, 0.3) is 12.9 Å². The van der Waals surface area contributed by atoms with Crippen LogP contribution in [0.1, 0.15) is 6.92 Å². The van der Waals surface area contributed by atoms with Crippen molar-refractivity contribution in [3.8, 4) is 0 Å². The standard InChI is InChI=1S/C9H14O8/c1-7(13-2)8(16-5-11)3-15-9(12)17-6-14-4-10/h4-5,7-8H,3,6H2,1-2H3. The maximum Gasteiger partial charge on any atom is 0.511 e. The molecule has 98 valence electrons. The number of ether oxygens (including phenoxy) is 5. The van der Waals surface area contributed by atoms with Crippen molar-refractivity contribution in [1.29, 1.82) is 0 Å². The topological polar surface area (TPSA) is 97.4 Å². The van der Waals surface area contributed by atoms with E-state index < -0.39 is 25.2 Å². The van der Waals surface area contributed by atoms with Gasteiger partial charge in [0, 0.05) is 7.11 Å². The van der Waals surface area contributed by atoms with Crippen molar-refractivity contribution in [3.63, 3.8) is 0 Å². The van der Waals surface area contributed by atoms with Gasteiger partial charge in [-0.15, -0.1) is 0 Å². The summed E-state index contributed by atoms with van der Waals surface area (Å²) in [6, 6.07) is 0. The van der Waals surface area contributed by atoms with Crippen LogP contribution in [0.3, 0.4) is 0 Å². The third-order valence-corrected chi connectivity index (χ3v) is 1.80. The molecule has 17 heavy (non-hydrogen) atoms. The Labute approximate surface area is 97.7 Å². The molecule has 2 atom stereocenters. The largest absolute Gasteiger partial charge is 0.511 e. The van der Waals surface area contributed by atoms with Crippen LogP contribution in [0.2, 0.25) is 0 Å². The molecule has 0 aromatic rings. The van der Waals surface area contributed by atoms with Crippen LogP contribution < -0.4 is 0 Å². The number of methoxy groups -OCH3 is 1. The van der Waals surface area contributed by atoms with E-state index in [1.807, 2.05) is 0 Å². The number of carbonyl (C=O) groups is 3. The molecule has 0 aliphatic carbocycles. The molecular formula is C9H14O8. The van der Waals surface area contributed by atoms with Crippen molar-refractivity contribution in [2.75, 3.05) is 20.5 Å². The predicted octanol–water partition coefficient (Wildman–Crippen LogP) is -0.153. The lowest BCUT2D eigenvalue weighted by Gasteiger charge is -2.20. The lowest BCUT2D eigenvalue weighted by atomic mass is 10.2. The van der Waals surface area contributed by atoms with Gasteiger partial charge in [0.05, 0.1) is 6.10 Å². The molecular weight excluding hydrogens is 236 g/mol. The molecule has 8 heteroatoms. The van der Waals surface area contributed by atoms with Crippen LogP contribution in [-0.4, -0.2) is 51.8 Å². The normalized spacial score (nSPS) is 13.1. The highest BCUT2D eigenvalue weighted by molar-refractivity contribution is 5.59. The monoisotopic (exact) mass is 250 g/mol. The summed E-state index contributed by atoms with van der Waals surface area (Å²) in [6.07, 6.45) is -2.23. The van der Waals surface area contributed by atoms with Crippen LogP contribution in [0, 0.1) is 0 Å². The van der Waals surface area contributed by atoms with E-state index in [1.54, 1.807) is 6.92 Å². The van der Waals surface area contributed by atoms with Gasteiger partial charge in [-0.05, 0) is 6.92 Å². The number of hydrogen-bond donors (Lipinski definition) is 0. The number of rotatable bonds is 9. The molecule has 0 rings (SSSR count). The molecule has 0 aromatic heterocycles. The Morgan fingerprint density at radius 1 is 1.24 bits per heavy atom. The first-order valence-corrected chi connectivity index (χ1v) is 4.62. The predicted molar refractivity (Wildman–Crippen MR) is 51.9 cm³/mol. The van der Waals surface area contributed by atoms with Gasteiger partial charge in [-0.3, -0.25) is 9.59 Å². The van der Waals surface area contributed by atoms with Gasteiger partial charge in [0.1, 0.15) is 6.61 Å². The molecule has 0 amide bonds. The quantitative estimate of drug-likeness (QED) is 0.183. The maximum absolute atomic E-state index is 10.9. The van der Waals surface area contributed by atoms with Crippen molar-refractivity contribution in [2.45, 2.75) is 19.1 Å². The van der Waals surface area contributed by atoms with Gasteiger partial charge >= 0.3 is 6.16 Å². The second kappa shape index (κ2) is 9.40. The molecule has 0 aliphatic heterocycles. The third-order valence-electron chi connectivity index (χ3n) is 1.80. The van der Waals surface area contributed by atoms with Gasteiger partial charge in [-0.2, -0.15) is 0 Å². The zero-order valence-corrected chi connectivity index (χ0v) is 9.49. The van der Waals surface area contributed by atoms with E-state index in [2.05, 4.69) is 18.9 Å². The van der Waals surface area contributed by atoms with E-state index in [1.165, 1.54) is 7.11 Å². The second-order valence-electron chi connectivity index (χ2n) is 2.80. The lowest BCUT2D eigenvalue weighted by Crippen LogP contribution is -2.33. The molecule has 0 aromatic carbocycles. The zero-order valence-electron chi connectivity index (χ0n) is 9.49. The molecule has 0 N–H and O–H groups in total. The van der Waals surface area contributed by atoms with E-state index in [0.717, 1.165) is 0 Å². The summed E-state index contributed by atoms with van der Waals surface area (Å²) in [5.41, 5.74) is 0. The van der Waals surface area contributed by atoms with Gasteiger partial charge in [0.2, 0.25) is 6.79 Å². The summed E-state index contributed by atoms with van der Waals surface area (Å²) >= 11 is 0. The van der Waals surface area contributed by atoms with E-state index in [4.69, 9.17) is 4.74 Å². The van der Waals surface area contributed by atoms with Gasteiger partial charge in [-0.25, -0.2) is 4.79 Å². The molecule has 2 unspecified atom stereocenters. The highest BCUT2D eigenvalue weighted by Crippen LogP contribution is 2.03. The summed E-state index contributed by atoms with van der Waals surface area (Å²) in [5, 5.41) is 0. The smallest absolute Gasteiger partial charge is 0.458 e. The molecule has 0 heterocycles. The van der Waals surface area contributed by atoms with E-state index in [0.29, 0.717) is 0 Å². The molecule has 0 saturated carbocycles. The Morgan fingerprint density at radius 2 is 1.94 bits per heavy atom. The Balaban J connectivity index is 3.90. The van der Waals surface area contributed by atoms with Crippen molar-refractivity contribution >= 4 is 19.1 Å². The second-order valence-corrected chi connectivity index (χ2v) is 2.80. The molecule has 0 radical (unpaired) electrons. The number of carbonyl (C=O) groups excluding carboxylic acids is 3. The zero-order chi connectivity index (χ0) is 13.1. The fourth-order valence-corrected chi connectivity index (χ4v) is 0.810. The van der Waals surface area contributed by atoms with Crippen LogP contribution in [-0.2, 0) is 33.3 Å². The summed E-state index contributed by atoms with van der Waals surface area (Å²) < 4.78 is 22.6. The Morgan fingerprint density at radius 3 is 2.47 bits per heavy atom. The molecule has 0 aliphatic rings. The minimum Gasteiger partial charge on any atom is -0.458 e. The van der Waals surface area contributed by atoms with Gasteiger partial charge in [0.15, 0.2) is 6.10 Å². The average molecular weight is 250 g/mol. The Bertz CT molecular complexity index is 241. The van der Waals surface area contributed by atoms with E-state index in [9.17, 15) is 14.4 Å². The van der Waals surface area contributed by atoms with Crippen molar-refractivity contribution < 1.29 is 38.1 Å². The maximum atomic E-state index is 10.9. The molecule has 0 saturated heterocycles. The minimum atomic E-state index is -1.05. The first-order valence-electron chi connectivity index (χ1n) is 4.62. The Hall–Kier alpha value is -1.83. The minimum absolute atomic E-state index is 0.124. The van der Waals surface area contributed by atoms with Crippen LogP contribution in [0.4, 0.5) is 4.79 Å². The lowest BCUT2D eigenvalue weighted by molar-refractivity contribution is -0.146. The van der Waals surface area contributed by atoms with Crippen LogP contribution in [0.5, 0.6) is 0 Å². The SMILES string of the molecule is COC(C)C(COC(=O)OCOC=O)OC=O. The summed E-state index contributed by atoms with van der Waals surface area (Å²) in [6.45, 7) is 1.22. The fourth-order valence-electron chi connectivity index (χ4n) is 0.810. The van der Waals surface area contributed by atoms with Crippen LogP contribution in [0.15, 0.2) is 0 Å². The molecule has 0 bridgehead atoms. The van der Waals surface area contributed by atoms with Crippen molar-refractivity contribution in [1.82, 2.24) is 0 Å². The highest BCUT2D eigenvalue weighted by Gasteiger charge is 2.20. The Kier molecular flexibility index (Phi) is 8.39. The van der Waals surface area contributed by atoms with Gasteiger partial charge in [-0.1, -0.05) is 0 Å². The summed E-state index contributed by atoms with van der Waals surface area (Å²) in [5.74, 6) is 0. The first kappa shape index (κ1) is 15.2. The number of hydrogen-bond acceptors (Lipinski definition) is 8. The highest BCUT2D eigenvalue weighted by atomic mass is 16.8. The molecule has 0 spiro atoms. The molecule has 0 fully saturated rings. The van der Waals surface area contributed by atoms with Crippen molar-refractivity contribution in [3.05, 3.63) is 0 Å². The van der Waals surface area contributed by atoms with E-state index in [-0.39, 0.29) is 19.6 Å². The third kappa shape index (κ3) is 7.12. The molecule has 8 nitrogen and oxygen atoms in total. The van der Waals surface area contributed by atoms with E-state index >= 15 is 0 Å².